The third kappa shape index (κ3) is 7.19. The van der Waals surface area contributed by atoms with Crippen molar-refractivity contribution in [2.45, 2.75) is 45.1 Å². The van der Waals surface area contributed by atoms with Gasteiger partial charge in [0, 0.05) is 30.0 Å². The van der Waals surface area contributed by atoms with Crippen LogP contribution in [0.25, 0.3) is 0 Å². The fraction of sp³-hybridized carbons (Fsp3) is 0.458. The maximum absolute atomic E-state index is 12.8. The highest BCUT2D eigenvalue weighted by Crippen LogP contribution is 2.29. The summed E-state index contributed by atoms with van der Waals surface area (Å²) in [5.41, 5.74) is 1.66. The number of benzene rings is 2. The van der Waals surface area contributed by atoms with E-state index in [0.29, 0.717) is 44.0 Å². The van der Waals surface area contributed by atoms with Crippen molar-refractivity contribution in [1.29, 1.82) is 0 Å². The molecule has 180 valence electrons. The lowest BCUT2D eigenvalue weighted by Crippen LogP contribution is -2.43. The lowest BCUT2D eigenvalue weighted by atomic mass is 9.97. The Morgan fingerprint density at radius 3 is 2.33 bits per heavy atom. The van der Waals surface area contributed by atoms with Gasteiger partial charge < -0.3 is 14.8 Å². The van der Waals surface area contributed by atoms with E-state index < -0.39 is 10.0 Å². The first-order valence-corrected chi connectivity index (χ1v) is 13.4. The van der Waals surface area contributed by atoms with Crippen molar-refractivity contribution < 1.29 is 22.7 Å². The van der Waals surface area contributed by atoms with Crippen molar-refractivity contribution in [1.82, 2.24) is 9.62 Å². The summed E-state index contributed by atoms with van der Waals surface area (Å²) in [6, 6.07) is 12.9. The van der Waals surface area contributed by atoms with Crippen LogP contribution in [0.2, 0.25) is 0 Å². The van der Waals surface area contributed by atoms with E-state index in [0.717, 1.165) is 15.6 Å². The molecule has 1 amide bonds. The molecule has 2 aromatic carbocycles. The summed E-state index contributed by atoms with van der Waals surface area (Å²) in [5, 5.41) is 2.97. The summed E-state index contributed by atoms with van der Waals surface area (Å²) < 4.78 is 39.1. The molecule has 3 rings (SSSR count). The molecule has 1 fully saturated rings. The van der Waals surface area contributed by atoms with Crippen molar-refractivity contribution in [3.63, 3.8) is 0 Å². The minimum atomic E-state index is -3.41. The zero-order valence-corrected chi connectivity index (χ0v) is 21.6. The van der Waals surface area contributed by atoms with Gasteiger partial charge in [-0.25, -0.2) is 12.7 Å². The van der Waals surface area contributed by atoms with Gasteiger partial charge in [-0.3, -0.25) is 4.79 Å². The predicted octanol–water partition coefficient (Wildman–Crippen LogP) is 4.10. The van der Waals surface area contributed by atoms with E-state index in [1.807, 2.05) is 44.2 Å². The van der Waals surface area contributed by atoms with Crippen molar-refractivity contribution in [2.24, 2.45) is 5.92 Å². The highest BCUT2D eigenvalue weighted by atomic mass is 79.9. The lowest BCUT2D eigenvalue weighted by Gasteiger charge is -2.30. The number of nitrogens with zero attached hydrogens (tertiary/aromatic N) is 1. The maximum atomic E-state index is 12.8. The Kier molecular flexibility index (Phi) is 8.78. The summed E-state index contributed by atoms with van der Waals surface area (Å²) in [6.45, 7) is 4.98. The van der Waals surface area contributed by atoms with Gasteiger partial charge in [0.05, 0.1) is 19.0 Å². The molecule has 0 aromatic heterocycles. The molecule has 0 bridgehead atoms. The second kappa shape index (κ2) is 11.4. The number of hydrogen-bond acceptors (Lipinski definition) is 5. The number of hydrogen-bond donors (Lipinski definition) is 1. The summed E-state index contributed by atoms with van der Waals surface area (Å²) in [6.07, 6.45) is 1.06. The van der Waals surface area contributed by atoms with Crippen LogP contribution in [-0.2, 0) is 27.1 Å². The van der Waals surface area contributed by atoms with E-state index in [-0.39, 0.29) is 23.7 Å². The molecule has 1 N–H and O–H groups in total. The zero-order valence-electron chi connectivity index (χ0n) is 19.2. The molecule has 33 heavy (non-hydrogen) atoms. The topological polar surface area (TPSA) is 84.9 Å². The van der Waals surface area contributed by atoms with Gasteiger partial charge in [-0.2, -0.15) is 0 Å². The molecule has 0 saturated carbocycles. The minimum absolute atomic E-state index is 0.0322. The van der Waals surface area contributed by atoms with Crippen LogP contribution < -0.4 is 14.8 Å². The second-order valence-corrected chi connectivity index (χ2v) is 11.3. The van der Waals surface area contributed by atoms with Gasteiger partial charge in [0.15, 0.2) is 11.5 Å². The van der Waals surface area contributed by atoms with Crippen LogP contribution in [0.1, 0.15) is 37.8 Å². The number of carbonyl (C=O) groups excluding carboxylic acids is 1. The van der Waals surface area contributed by atoms with Gasteiger partial charge in [-0.15, -0.1) is 0 Å². The number of nitrogens with one attached hydrogen (secondary N) is 1. The molecule has 1 aliphatic heterocycles. The quantitative estimate of drug-likeness (QED) is 0.519. The molecule has 9 heteroatoms. The highest BCUT2D eigenvalue weighted by molar-refractivity contribution is 9.10. The van der Waals surface area contributed by atoms with Crippen LogP contribution in [0.3, 0.4) is 0 Å². The Morgan fingerprint density at radius 1 is 1.09 bits per heavy atom. The molecule has 1 aliphatic rings. The molecule has 1 heterocycles. The van der Waals surface area contributed by atoms with E-state index in [1.165, 1.54) is 4.31 Å². The average Bonchev–Trinajstić information content (AvgIpc) is 2.79. The maximum Gasteiger partial charge on any atom is 0.223 e. The van der Waals surface area contributed by atoms with Gasteiger partial charge in [0.1, 0.15) is 0 Å². The van der Waals surface area contributed by atoms with Crippen molar-refractivity contribution in [3.8, 4) is 11.5 Å². The fourth-order valence-electron chi connectivity index (χ4n) is 3.79. The minimum Gasteiger partial charge on any atom is -0.493 e. The van der Waals surface area contributed by atoms with Crippen molar-refractivity contribution >= 4 is 31.9 Å². The van der Waals surface area contributed by atoms with E-state index in [2.05, 4.69) is 21.2 Å². The van der Waals surface area contributed by atoms with Crippen LogP contribution in [0.15, 0.2) is 46.9 Å². The predicted molar refractivity (Wildman–Crippen MR) is 132 cm³/mol. The van der Waals surface area contributed by atoms with Crippen LogP contribution in [0, 0.1) is 5.92 Å². The summed E-state index contributed by atoms with van der Waals surface area (Å²) in [4.78, 5) is 12.7. The number of halogens is 1. The van der Waals surface area contributed by atoms with E-state index >= 15 is 0 Å². The SMILES string of the molecule is COc1cc(CNC(=O)C2CCN(S(=O)(=O)Cc3ccc(Br)cc3)CC2)ccc1OC(C)C. The van der Waals surface area contributed by atoms with Crippen LogP contribution in [-0.4, -0.2) is 44.9 Å². The number of piperidine rings is 1. The molecule has 0 spiro atoms. The largest absolute Gasteiger partial charge is 0.493 e. The normalized spacial score (nSPS) is 15.4. The van der Waals surface area contributed by atoms with Gasteiger partial charge in [-0.1, -0.05) is 34.1 Å². The standard InChI is InChI=1S/C24H31BrN2O5S/c1-17(2)32-22-9-6-19(14-23(22)31-3)15-26-24(28)20-10-12-27(13-11-20)33(29,30)16-18-4-7-21(25)8-5-18/h4-9,14,17,20H,10-13,15-16H2,1-3H3,(H,26,28). The third-order valence-corrected chi connectivity index (χ3v) is 7.92. The van der Waals surface area contributed by atoms with Gasteiger partial charge in [0.25, 0.3) is 0 Å². The van der Waals surface area contributed by atoms with Gasteiger partial charge in [0.2, 0.25) is 15.9 Å². The number of sulfonamides is 1. The molecule has 0 radical (unpaired) electrons. The molecule has 1 saturated heterocycles. The first-order chi connectivity index (χ1) is 15.7. The monoisotopic (exact) mass is 538 g/mol. The van der Waals surface area contributed by atoms with E-state index in [9.17, 15) is 13.2 Å². The Hall–Kier alpha value is -2.10. The van der Waals surface area contributed by atoms with Gasteiger partial charge >= 0.3 is 0 Å². The average molecular weight is 539 g/mol. The molecular formula is C24H31BrN2O5S. The highest BCUT2D eigenvalue weighted by Gasteiger charge is 2.31. The number of carbonyl (C=O) groups is 1. The molecule has 2 aromatic rings. The smallest absolute Gasteiger partial charge is 0.223 e. The third-order valence-electron chi connectivity index (χ3n) is 5.54. The number of ether oxygens (including phenoxy) is 2. The number of methoxy groups -OCH3 is 1. The molecule has 0 aliphatic carbocycles. The Bertz CT molecular complexity index is 1050. The molecule has 0 atom stereocenters. The van der Waals surface area contributed by atoms with Crippen molar-refractivity contribution in [3.05, 3.63) is 58.1 Å². The van der Waals surface area contributed by atoms with E-state index in [4.69, 9.17) is 9.47 Å². The Labute approximate surface area is 204 Å². The molecule has 7 nitrogen and oxygen atoms in total. The molecule has 0 unspecified atom stereocenters. The first kappa shape index (κ1) is 25.5. The fourth-order valence-corrected chi connectivity index (χ4v) is 5.61. The van der Waals surface area contributed by atoms with E-state index in [1.54, 1.807) is 19.2 Å². The number of amides is 1. The van der Waals surface area contributed by atoms with Crippen LogP contribution >= 0.6 is 15.9 Å². The Morgan fingerprint density at radius 2 is 1.73 bits per heavy atom. The zero-order chi connectivity index (χ0) is 24.0. The van der Waals surface area contributed by atoms with Crippen molar-refractivity contribution in [2.75, 3.05) is 20.2 Å². The summed E-state index contributed by atoms with van der Waals surface area (Å²) in [7, 11) is -1.83. The Balaban J connectivity index is 1.50. The lowest BCUT2D eigenvalue weighted by molar-refractivity contribution is -0.126. The van der Waals surface area contributed by atoms with Crippen LogP contribution in [0.4, 0.5) is 0 Å². The second-order valence-electron chi connectivity index (χ2n) is 8.43. The number of rotatable bonds is 9. The van der Waals surface area contributed by atoms with Crippen LogP contribution in [0.5, 0.6) is 11.5 Å². The summed E-state index contributed by atoms with van der Waals surface area (Å²) >= 11 is 3.36. The summed E-state index contributed by atoms with van der Waals surface area (Å²) in [5.74, 6) is 1.00. The first-order valence-electron chi connectivity index (χ1n) is 11.0. The van der Waals surface area contributed by atoms with Gasteiger partial charge in [-0.05, 0) is 62.1 Å². The molecular weight excluding hydrogens is 508 g/mol.